The molecule has 4 heteroatoms. The summed E-state index contributed by atoms with van der Waals surface area (Å²) < 4.78 is 1.06. The van der Waals surface area contributed by atoms with Gasteiger partial charge in [0.25, 0.3) is 0 Å². The van der Waals surface area contributed by atoms with Gasteiger partial charge in [0.05, 0.1) is 5.52 Å². The fourth-order valence-electron chi connectivity index (χ4n) is 1.44. The van der Waals surface area contributed by atoms with E-state index in [1.807, 2.05) is 25.1 Å². The molecule has 1 heterocycles. The molecule has 72 valence electrons. The number of benzene rings is 1. The lowest BCUT2D eigenvalue weighted by Crippen LogP contribution is -2.08. The van der Waals surface area contributed by atoms with Crippen molar-refractivity contribution in [3.63, 3.8) is 0 Å². The van der Waals surface area contributed by atoms with Gasteiger partial charge in [-0.3, -0.25) is 0 Å². The van der Waals surface area contributed by atoms with Crippen LogP contribution < -0.4 is 11.3 Å². The maximum atomic E-state index is 5.32. The van der Waals surface area contributed by atoms with Crippen LogP contribution in [0.15, 0.2) is 28.7 Å². The van der Waals surface area contributed by atoms with Crippen molar-refractivity contribution in [1.29, 1.82) is 0 Å². The Morgan fingerprint density at radius 2 is 2.14 bits per heavy atom. The minimum Gasteiger partial charge on any atom is -0.308 e. The van der Waals surface area contributed by atoms with Gasteiger partial charge >= 0.3 is 0 Å². The smallest absolute Gasteiger partial charge is 0.140 e. The third kappa shape index (κ3) is 1.58. The van der Waals surface area contributed by atoms with Gasteiger partial charge in [-0.15, -0.1) is 0 Å². The Kier molecular flexibility index (Phi) is 2.39. The van der Waals surface area contributed by atoms with Gasteiger partial charge in [0.1, 0.15) is 5.82 Å². The summed E-state index contributed by atoms with van der Waals surface area (Å²) in [6.07, 6.45) is 0. The molecule has 14 heavy (non-hydrogen) atoms. The molecule has 0 spiro atoms. The average molecular weight is 252 g/mol. The monoisotopic (exact) mass is 251 g/mol. The second-order valence-corrected chi connectivity index (χ2v) is 4.05. The number of hydrazine groups is 1. The quantitative estimate of drug-likeness (QED) is 0.605. The summed E-state index contributed by atoms with van der Waals surface area (Å²) in [5, 5.41) is 1.14. The molecular formula is C10H10BrN3. The standard InChI is InChI=1S/C10H10BrN3/c1-6-4-10(14-12)13-9-3-2-7(11)5-8(6)9/h2-5H,12H2,1H3,(H,13,14). The normalized spacial score (nSPS) is 10.5. The highest BCUT2D eigenvalue weighted by Gasteiger charge is 2.01. The topological polar surface area (TPSA) is 50.9 Å². The molecule has 0 aliphatic heterocycles. The lowest BCUT2D eigenvalue weighted by molar-refractivity contribution is 1.25. The van der Waals surface area contributed by atoms with Crippen molar-refractivity contribution in [2.45, 2.75) is 6.92 Å². The summed E-state index contributed by atoms with van der Waals surface area (Å²) in [7, 11) is 0. The molecule has 0 radical (unpaired) electrons. The second-order valence-electron chi connectivity index (χ2n) is 3.13. The molecule has 0 aliphatic rings. The zero-order valence-corrected chi connectivity index (χ0v) is 9.30. The third-order valence-electron chi connectivity index (χ3n) is 2.13. The summed E-state index contributed by atoms with van der Waals surface area (Å²) in [5.41, 5.74) is 4.65. The fraction of sp³-hybridized carbons (Fsp3) is 0.100. The van der Waals surface area contributed by atoms with Crippen LogP contribution in [0, 0.1) is 6.92 Å². The molecule has 0 saturated heterocycles. The SMILES string of the molecule is Cc1cc(NN)nc2ccc(Br)cc12. The highest BCUT2D eigenvalue weighted by atomic mass is 79.9. The predicted octanol–water partition coefficient (Wildman–Crippen LogP) is 2.59. The molecule has 2 aromatic rings. The minimum atomic E-state index is 0.692. The number of nitrogen functional groups attached to an aromatic ring is 1. The van der Waals surface area contributed by atoms with Crippen molar-refractivity contribution in [2.75, 3.05) is 5.43 Å². The number of aromatic nitrogens is 1. The number of hydrogen-bond donors (Lipinski definition) is 2. The molecule has 1 aromatic carbocycles. The summed E-state index contributed by atoms with van der Waals surface area (Å²) >= 11 is 3.43. The molecule has 0 bridgehead atoms. The van der Waals surface area contributed by atoms with E-state index in [0.717, 1.165) is 20.9 Å². The van der Waals surface area contributed by atoms with Crippen molar-refractivity contribution < 1.29 is 0 Å². The van der Waals surface area contributed by atoms with Crippen molar-refractivity contribution >= 4 is 32.7 Å². The number of nitrogens with two attached hydrogens (primary N) is 1. The maximum Gasteiger partial charge on any atom is 0.140 e. The van der Waals surface area contributed by atoms with Gasteiger partial charge in [0, 0.05) is 9.86 Å². The summed E-state index contributed by atoms with van der Waals surface area (Å²) in [6.45, 7) is 2.04. The first-order valence-corrected chi connectivity index (χ1v) is 5.03. The van der Waals surface area contributed by atoms with Gasteiger partial charge in [0.15, 0.2) is 0 Å². The van der Waals surface area contributed by atoms with Crippen LogP contribution in [0.4, 0.5) is 5.82 Å². The fourth-order valence-corrected chi connectivity index (χ4v) is 1.80. The van der Waals surface area contributed by atoms with E-state index in [1.54, 1.807) is 0 Å². The number of pyridine rings is 1. The summed E-state index contributed by atoms with van der Waals surface area (Å²) in [6, 6.07) is 7.91. The van der Waals surface area contributed by atoms with E-state index < -0.39 is 0 Å². The summed E-state index contributed by atoms with van der Waals surface area (Å²) in [5.74, 6) is 6.01. The van der Waals surface area contributed by atoms with Crippen LogP contribution in [0.2, 0.25) is 0 Å². The van der Waals surface area contributed by atoms with E-state index in [4.69, 9.17) is 5.84 Å². The van der Waals surface area contributed by atoms with Gasteiger partial charge in [-0.2, -0.15) is 0 Å². The molecule has 0 amide bonds. The summed E-state index contributed by atoms with van der Waals surface area (Å²) in [4.78, 5) is 4.34. The number of halogens is 1. The number of hydrogen-bond acceptors (Lipinski definition) is 3. The highest BCUT2D eigenvalue weighted by molar-refractivity contribution is 9.10. The molecular weight excluding hydrogens is 242 g/mol. The Hall–Kier alpha value is -1.13. The van der Waals surface area contributed by atoms with Crippen molar-refractivity contribution in [1.82, 2.24) is 4.98 Å². The zero-order chi connectivity index (χ0) is 10.1. The van der Waals surface area contributed by atoms with E-state index in [-0.39, 0.29) is 0 Å². The number of nitrogens with one attached hydrogen (secondary N) is 1. The van der Waals surface area contributed by atoms with Crippen LogP contribution in [0.25, 0.3) is 10.9 Å². The van der Waals surface area contributed by atoms with Gasteiger partial charge in [0.2, 0.25) is 0 Å². The zero-order valence-electron chi connectivity index (χ0n) is 7.71. The van der Waals surface area contributed by atoms with Crippen LogP contribution >= 0.6 is 15.9 Å². The highest BCUT2D eigenvalue weighted by Crippen LogP contribution is 2.23. The predicted molar refractivity (Wildman–Crippen MR) is 62.0 cm³/mol. The molecule has 0 atom stereocenters. The lowest BCUT2D eigenvalue weighted by Gasteiger charge is -2.05. The number of anilines is 1. The van der Waals surface area contributed by atoms with Crippen molar-refractivity contribution in [3.8, 4) is 0 Å². The van der Waals surface area contributed by atoms with Crippen molar-refractivity contribution in [3.05, 3.63) is 34.3 Å². The number of aryl methyl sites for hydroxylation is 1. The Labute approximate surface area is 90.4 Å². The van der Waals surface area contributed by atoms with Crippen LogP contribution in [0.5, 0.6) is 0 Å². The van der Waals surface area contributed by atoms with Crippen LogP contribution in [0.3, 0.4) is 0 Å². The average Bonchev–Trinajstić information content (AvgIpc) is 2.19. The van der Waals surface area contributed by atoms with Crippen molar-refractivity contribution in [2.24, 2.45) is 5.84 Å². The Balaban J connectivity index is 2.76. The molecule has 0 fully saturated rings. The molecule has 3 nitrogen and oxygen atoms in total. The first-order chi connectivity index (χ1) is 6.70. The molecule has 1 aromatic heterocycles. The second kappa shape index (κ2) is 3.55. The van der Waals surface area contributed by atoms with Crippen LogP contribution in [0.1, 0.15) is 5.56 Å². The van der Waals surface area contributed by atoms with E-state index in [0.29, 0.717) is 5.82 Å². The maximum absolute atomic E-state index is 5.32. The number of fused-ring (bicyclic) bond motifs is 1. The Morgan fingerprint density at radius 3 is 2.86 bits per heavy atom. The Bertz CT molecular complexity index is 482. The molecule has 3 N–H and O–H groups in total. The van der Waals surface area contributed by atoms with E-state index >= 15 is 0 Å². The number of nitrogens with zero attached hydrogens (tertiary/aromatic N) is 1. The van der Waals surface area contributed by atoms with Gasteiger partial charge in [-0.05, 0) is 36.8 Å². The molecule has 0 unspecified atom stereocenters. The first kappa shape index (κ1) is 9.43. The van der Waals surface area contributed by atoms with Gasteiger partial charge in [-0.1, -0.05) is 15.9 Å². The largest absolute Gasteiger partial charge is 0.308 e. The Morgan fingerprint density at radius 1 is 1.36 bits per heavy atom. The van der Waals surface area contributed by atoms with E-state index in [9.17, 15) is 0 Å². The third-order valence-corrected chi connectivity index (χ3v) is 2.62. The van der Waals surface area contributed by atoms with Gasteiger partial charge in [-0.25, -0.2) is 10.8 Å². The number of rotatable bonds is 1. The van der Waals surface area contributed by atoms with E-state index in [2.05, 4.69) is 32.4 Å². The van der Waals surface area contributed by atoms with Crippen LogP contribution in [-0.4, -0.2) is 4.98 Å². The molecule has 0 saturated carbocycles. The lowest BCUT2D eigenvalue weighted by atomic mass is 10.1. The first-order valence-electron chi connectivity index (χ1n) is 4.24. The van der Waals surface area contributed by atoms with E-state index in [1.165, 1.54) is 0 Å². The van der Waals surface area contributed by atoms with Gasteiger partial charge < -0.3 is 5.43 Å². The minimum absolute atomic E-state index is 0.692. The van der Waals surface area contributed by atoms with Crippen LogP contribution in [-0.2, 0) is 0 Å². The molecule has 0 aliphatic carbocycles. The molecule has 2 rings (SSSR count).